The van der Waals surface area contributed by atoms with Crippen LogP contribution < -0.4 is 0 Å². The summed E-state index contributed by atoms with van der Waals surface area (Å²) in [6.45, 7) is 12.9. The Morgan fingerprint density at radius 2 is 1.62 bits per heavy atom. The molecule has 1 aliphatic rings. The molecule has 0 saturated carbocycles. The molecule has 0 amide bonds. The Morgan fingerprint density at radius 1 is 1.10 bits per heavy atom. The van der Waals surface area contributed by atoms with E-state index < -0.39 is 29.2 Å². The van der Waals surface area contributed by atoms with Crippen LogP contribution in [-0.2, 0) is 23.8 Å². The molecule has 1 atom stereocenters. The molecular formula is C16H26O5. The van der Waals surface area contributed by atoms with Crippen LogP contribution in [-0.4, -0.2) is 35.9 Å². The highest BCUT2D eigenvalue weighted by atomic mass is 16.6. The number of ether oxygens (including phenoxy) is 3. The van der Waals surface area contributed by atoms with Gasteiger partial charge in [0.25, 0.3) is 0 Å². The van der Waals surface area contributed by atoms with Crippen molar-refractivity contribution >= 4 is 11.9 Å². The lowest BCUT2D eigenvalue weighted by atomic mass is 10.0. The van der Waals surface area contributed by atoms with E-state index in [1.165, 1.54) is 0 Å². The molecule has 0 fully saturated rings. The van der Waals surface area contributed by atoms with Gasteiger partial charge in [-0.3, -0.25) is 0 Å². The molecule has 120 valence electrons. The molecular weight excluding hydrogens is 272 g/mol. The SMILES string of the molecule is CCC1=C(C(=O)OC(C)(C)C)C(C(=O)OC(C)(C)C)OC1. The van der Waals surface area contributed by atoms with Crippen molar-refractivity contribution in [3.8, 4) is 0 Å². The Morgan fingerprint density at radius 3 is 2.05 bits per heavy atom. The van der Waals surface area contributed by atoms with Crippen LogP contribution in [0.5, 0.6) is 0 Å². The lowest BCUT2D eigenvalue weighted by Gasteiger charge is -2.24. The molecule has 0 bridgehead atoms. The lowest BCUT2D eigenvalue weighted by molar-refractivity contribution is -0.167. The molecule has 1 heterocycles. The summed E-state index contributed by atoms with van der Waals surface area (Å²) in [6, 6.07) is 0. The van der Waals surface area contributed by atoms with Crippen molar-refractivity contribution in [3.05, 3.63) is 11.1 Å². The van der Waals surface area contributed by atoms with Gasteiger partial charge in [-0.15, -0.1) is 0 Å². The average molecular weight is 298 g/mol. The Hall–Kier alpha value is -1.36. The van der Waals surface area contributed by atoms with Gasteiger partial charge in [0.05, 0.1) is 12.2 Å². The Balaban J connectivity index is 2.99. The van der Waals surface area contributed by atoms with E-state index in [4.69, 9.17) is 14.2 Å². The number of hydrogen-bond donors (Lipinski definition) is 0. The summed E-state index contributed by atoms with van der Waals surface area (Å²) in [7, 11) is 0. The van der Waals surface area contributed by atoms with Crippen molar-refractivity contribution in [2.45, 2.75) is 72.2 Å². The molecule has 1 aliphatic heterocycles. The Labute approximate surface area is 126 Å². The van der Waals surface area contributed by atoms with Crippen LogP contribution in [0, 0.1) is 0 Å². The fourth-order valence-corrected chi connectivity index (χ4v) is 1.95. The molecule has 0 spiro atoms. The summed E-state index contributed by atoms with van der Waals surface area (Å²) in [5, 5.41) is 0. The van der Waals surface area contributed by atoms with E-state index in [0.717, 1.165) is 5.57 Å². The fourth-order valence-electron chi connectivity index (χ4n) is 1.95. The highest BCUT2D eigenvalue weighted by molar-refractivity contribution is 5.98. The molecule has 0 radical (unpaired) electrons. The maximum Gasteiger partial charge on any atom is 0.340 e. The summed E-state index contributed by atoms with van der Waals surface area (Å²) in [5.41, 5.74) is -0.167. The molecule has 1 unspecified atom stereocenters. The maximum atomic E-state index is 12.3. The van der Waals surface area contributed by atoms with Crippen molar-refractivity contribution in [1.82, 2.24) is 0 Å². The first-order chi connectivity index (χ1) is 9.44. The molecule has 1 rings (SSSR count). The lowest BCUT2D eigenvalue weighted by Crippen LogP contribution is -2.36. The van der Waals surface area contributed by atoms with Crippen LogP contribution in [0.3, 0.4) is 0 Å². The number of carbonyl (C=O) groups is 2. The third-order valence-electron chi connectivity index (χ3n) is 2.73. The molecule has 0 aromatic rings. The van der Waals surface area contributed by atoms with Gasteiger partial charge in [-0.25, -0.2) is 9.59 Å². The zero-order chi connectivity index (χ0) is 16.4. The monoisotopic (exact) mass is 298 g/mol. The second-order valence-electron chi connectivity index (χ2n) is 7.10. The minimum atomic E-state index is -0.992. The summed E-state index contributed by atoms with van der Waals surface area (Å²) < 4.78 is 16.2. The standard InChI is InChI=1S/C16H26O5/c1-8-10-9-19-12(14(18)21-16(5,6)7)11(10)13(17)20-15(2,3)4/h12H,8-9H2,1-7H3. The van der Waals surface area contributed by atoms with Crippen molar-refractivity contribution in [2.75, 3.05) is 6.61 Å². The third kappa shape index (κ3) is 5.16. The summed E-state index contributed by atoms with van der Waals surface area (Å²) in [6.07, 6.45) is -0.359. The molecule has 0 N–H and O–H groups in total. The van der Waals surface area contributed by atoms with Crippen molar-refractivity contribution in [3.63, 3.8) is 0 Å². The summed E-state index contributed by atoms with van der Waals surface area (Å²) >= 11 is 0. The van der Waals surface area contributed by atoms with Crippen LogP contribution in [0.25, 0.3) is 0 Å². The smallest absolute Gasteiger partial charge is 0.340 e. The highest BCUT2D eigenvalue weighted by Gasteiger charge is 2.40. The van der Waals surface area contributed by atoms with Crippen LogP contribution >= 0.6 is 0 Å². The topological polar surface area (TPSA) is 61.8 Å². The van der Waals surface area contributed by atoms with Gasteiger partial charge in [0, 0.05) is 0 Å². The zero-order valence-corrected chi connectivity index (χ0v) is 14.0. The van der Waals surface area contributed by atoms with E-state index >= 15 is 0 Å². The van der Waals surface area contributed by atoms with E-state index in [9.17, 15) is 9.59 Å². The predicted molar refractivity (Wildman–Crippen MR) is 78.7 cm³/mol. The molecule has 0 aromatic heterocycles. The quantitative estimate of drug-likeness (QED) is 0.750. The van der Waals surface area contributed by atoms with Gasteiger partial charge < -0.3 is 14.2 Å². The second kappa shape index (κ2) is 6.18. The van der Waals surface area contributed by atoms with Gasteiger partial charge in [0.15, 0.2) is 6.10 Å². The van der Waals surface area contributed by atoms with Crippen LogP contribution in [0.15, 0.2) is 11.1 Å². The van der Waals surface area contributed by atoms with Crippen molar-refractivity contribution < 1.29 is 23.8 Å². The fraction of sp³-hybridized carbons (Fsp3) is 0.750. The van der Waals surface area contributed by atoms with Gasteiger partial charge in [0.1, 0.15) is 11.2 Å². The van der Waals surface area contributed by atoms with E-state index in [2.05, 4.69) is 0 Å². The summed E-state index contributed by atoms with van der Waals surface area (Å²) in [4.78, 5) is 24.6. The Kier molecular flexibility index (Phi) is 5.20. The summed E-state index contributed by atoms with van der Waals surface area (Å²) in [5.74, 6) is -1.06. The first-order valence-corrected chi connectivity index (χ1v) is 7.24. The molecule has 5 nitrogen and oxygen atoms in total. The van der Waals surface area contributed by atoms with Gasteiger partial charge >= 0.3 is 11.9 Å². The minimum absolute atomic E-state index is 0.259. The zero-order valence-electron chi connectivity index (χ0n) is 14.0. The van der Waals surface area contributed by atoms with Crippen molar-refractivity contribution in [2.24, 2.45) is 0 Å². The van der Waals surface area contributed by atoms with Crippen LogP contribution in [0.4, 0.5) is 0 Å². The van der Waals surface area contributed by atoms with E-state index in [-0.39, 0.29) is 6.61 Å². The third-order valence-corrected chi connectivity index (χ3v) is 2.73. The van der Waals surface area contributed by atoms with Crippen molar-refractivity contribution in [1.29, 1.82) is 0 Å². The second-order valence-corrected chi connectivity index (χ2v) is 7.10. The molecule has 0 saturated heterocycles. The van der Waals surface area contributed by atoms with E-state index in [0.29, 0.717) is 12.0 Å². The number of rotatable bonds is 3. The Bertz CT molecular complexity index is 448. The van der Waals surface area contributed by atoms with Crippen LogP contribution in [0.1, 0.15) is 54.9 Å². The van der Waals surface area contributed by atoms with Gasteiger partial charge in [-0.05, 0) is 53.5 Å². The number of carbonyl (C=O) groups excluding carboxylic acids is 2. The largest absolute Gasteiger partial charge is 0.458 e. The number of esters is 2. The highest BCUT2D eigenvalue weighted by Crippen LogP contribution is 2.28. The minimum Gasteiger partial charge on any atom is -0.458 e. The average Bonchev–Trinajstić information content (AvgIpc) is 2.67. The van der Waals surface area contributed by atoms with Gasteiger partial charge in [0.2, 0.25) is 0 Å². The van der Waals surface area contributed by atoms with Gasteiger partial charge in [-0.1, -0.05) is 6.92 Å². The first-order valence-electron chi connectivity index (χ1n) is 7.24. The first kappa shape index (κ1) is 17.7. The molecule has 0 aromatic carbocycles. The maximum absolute atomic E-state index is 12.3. The normalized spacial score (nSPS) is 19.7. The molecule has 0 aliphatic carbocycles. The predicted octanol–water partition coefficient (Wildman–Crippen LogP) is 2.78. The molecule has 5 heteroatoms. The molecule has 21 heavy (non-hydrogen) atoms. The van der Waals surface area contributed by atoms with Gasteiger partial charge in [-0.2, -0.15) is 0 Å². The number of hydrogen-bond acceptors (Lipinski definition) is 5. The van der Waals surface area contributed by atoms with Crippen LogP contribution in [0.2, 0.25) is 0 Å². The van der Waals surface area contributed by atoms with E-state index in [1.807, 2.05) is 6.92 Å². The van der Waals surface area contributed by atoms with E-state index in [1.54, 1.807) is 41.5 Å².